The predicted molar refractivity (Wildman–Crippen MR) is 88.8 cm³/mol. The second-order valence-corrected chi connectivity index (χ2v) is 7.43. The van der Waals surface area contributed by atoms with E-state index in [2.05, 4.69) is 43.0 Å². The molecule has 4 nitrogen and oxygen atoms in total. The molecule has 0 aliphatic rings. The van der Waals surface area contributed by atoms with Gasteiger partial charge in [-0.05, 0) is 12.0 Å². The number of hydrogen-bond donors (Lipinski definition) is 0. The van der Waals surface area contributed by atoms with Gasteiger partial charge < -0.3 is 0 Å². The molecule has 0 fully saturated rings. The number of benzene rings is 1. The van der Waals surface area contributed by atoms with Crippen LogP contribution in [-0.2, 0) is 18.3 Å². The third kappa shape index (κ3) is 2.81. The molecule has 2 heterocycles. The largest absolute Gasteiger partial charge is 0.296 e. The summed E-state index contributed by atoms with van der Waals surface area (Å²) < 4.78 is 1.69. The first-order valence-electron chi connectivity index (χ1n) is 7.37. The first kappa shape index (κ1) is 14.9. The minimum Gasteiger partial charge on any atom is -0.296 e. The van der Waals surface area contributed by atoms with Gasteiger partial charge in [-0.15, -0.1) is 0 Å². The van der Waals surface area contributed by atoms with Crippen molar-refractivity contribution in [2.45, 2.75) is 39.0 Å². The van der Waals surface area contributed by atoms with Crippen LogP contribution in [0.4, 0.5) is 0 Å². The van der Waals surface area contributed by atoms with E-state index in [0.717, 1.165) is 34.8 Å². The molecule has 0 unspecified atom stereocenters. The van der Waals surface area contributed by atoms with E-state index in [1.165, 1.54) is 5.56 Å². The van der Waals surface area contributed by atoms with Gasteiger partial charge in [-0.3, -0.25) is 4.79 Å². The maximum atomic E-state index is 11.4. The average Bonchev–Trinajstić information content (AvgIpc) is 3.02. The van der Waals surface area contributed by atoms with Gasteiger partial charge in [0.15, 0.2) is 6.29 Å². The first-order chi connectivity index (χ1) is 10.5. The number of imidazole rings is 1. The molecule has 0 N–H and O–H groups in total. The van der Waals surface area contributed by atoms with Gasteiger partial charge >= 0.3 is 0 Å². The molecule has 114 valence electrons. The van der Waals surface area contributed by atoms with E-state index in [0.29, 0.717) is 5.69 Å². The van der Waals surface area contributed by atoms with Crippen molar-refractivity contribution < 1.29 is 4.79 Å². The molecular formula is C17H19N3OS. The van der Waals surface area contributed by atoms with Crippen LogP contribution in [0.5, 0.6) is 0 Å². The van der Waals surface area contributed by atoms with E-state index in [1.807, 2.05) is 18.2 Å². The van der Waals surface area contributed by atoms with Crippen molar-refractivity contribution in [3.8, 4) is 0 Å². The molecular weight excluding hydrogens is 294 g/mol. The lowest BCUT2D eigenvalue weighted by Crippen LogP contribution is -2.15. The first-order valence-corrected chi connectivity index (χ1v) is 8.18. The Morgan fingerprint density at radius 3 is 2.55 bits per heavy atom. The molecule has 0 atom stereocenters. The second kappa shape index (κ2) is 5.65. The number of fused-ring (bicyclic) bond motifs is 1. The van der Waals surface area contributed by atoms with Gasteiger partial charge in [0.05, 0.1) is 5.69 Å². The normalized spacial score (nSPS) is 12.0. The van der Waals surface area contributed by atoms with Crippen LogP contribution in [0, 0.1) is 0 Å². The molecule has 0 aliphatic carbocycles. The highest BCUT2D eigenvalue weighted by atomic mass is 32.1. The Morgan fingerprint density at radius 1 is 1.18 bits per heavy atom. The number of aldehydes is 1. The van der Waals surface area contributed by atoms with Gasteiger partial charge in [0, 0.05) is 11.8 Å². The Hall–Kier alpha value is -2.01. The fourth-order valence-electron chi connectivity index (χ4n) is 2.46. The van der Waals surface area contributed by atoms with Crippen LogP contribution >= 0.6 is 11.3 Å². The molecule has 0 saturated heterocycles. The minimum absolute atomic E-state index is 0.159. The van der Waals surface area contributed by atoms with Crippen LogP contribution in [0.3, 0.4) is 0 Å². The van der Waals surface area contributed by atoms with Crippen molar-refractivity contribution in [1.82, 2.24) is 14.6 Å². The van der Waals surface area contributed by atoms with E-state index in [1.54, 1.807) is 15.9 Å². The maximum absolute atomic E-state index is 11.4. The lowest BCUT2D eigenvalue weighted by atomic mass is 9.91. The second-order valence-electron chi connectivity index (χ2n) is 6.39. The molecule has 0 saturated carbocycles. The van der Waals surface area contributed by atoms with Gasteiger partial charge in [0.1, 0.15) is 10.7 Å². The van der Waals surface area contributed by atoms with E-state index < -0.39 is 0 Å². The van der Waals surface area contributed by atoms with Crippen LogP contribution in [0.1, 0.15) is 47.5 Å². The number of hydrogen-bond acceptors (Lipinski definition) is 4. The zero-order valence-corrected chi connectivity index (χ0v) is 13.9. The summed E-state index contributed by atoms with van der Waals surface area (Å²) in [6.07, 6.45) is 2.67. The maximum Gasteiger partial charge on any atom is 0.213 e. The zero-order valence-electron chi connectivity index (χ0n) is 13.0. The van der Waals surface area contributed by atoms with Gasteiger partial charge in [0.2, 0.25) is 4.96 Å². The van der Waals surface area contributed by atoms with Crippen LogP contribution in [0.2, 0.25) is 0 Å². The number of rotatable bonds is 4. The van der Waals surface area contributed by atoms with Crippen molar-refractivity contribution in [3.05, 3.63) is 52.3 Å². The Balaban J connectivity index is 1.88. The van der Waals surface area contributed by atoms with Gasteiger partial charge in [-0.1, -0.05) is 62.4 Å². The number of aromatic nitrogens is 3. The Bertz CT molecular complexity index is 797. The molecule has 2 aromatic heterocycles. The summed E-state index contributed by atoms with van der Waals surface area (Å²) in [5, 5.41) is 5.58. The number of carbonyl (C=O) groups is 1. The van der Waals surface area contributed by atoms with Crippen LogP contribution in [0.15, 0.2) is 30.3 Å². The molecule has 0 aliphatic heterocycles. The SMILES string of the molecule is CC(C)(C)c1nc2sc(CCc3ccccc3)nn2c1C=O. The van der Waals surface area contributed by atoms with Crippen molar-refractivity contribution in [3.63, 3.8) is 0 Å². The molecule has 0 spiro atoms. The summed E-state index contributed by atoms with van der Waals surface area (Å²) >= 11 is 1.56. The smallest absolute Gasteiger partial charge is 0.213 e. The van der Waals surface area contributed by atoms with Crippen molar-refractivity contribution >= 4 is 22.6 Å². The van der Waals surface area contributed by atoms with Crippen LogP contribution in [-0.4, -0.2) is 20.9 Å². The molecule has 3 rings (SSSR count). The van der Waals surface area contributed by atoms with Crippen LogP contribution < -0.4 is 0 Å². The van der Waals surface area contributed by atoms with E-state index in [9.17, 15) is 4.79 Å². The summed E-state index contributed by atoms with van der Waals surface area (Å²) in [5.41, 5.74) is 2.52. The summed E-state index contributed by atoms with van der Waals surface area (Å²) in [6.45, 7) is 6.17. The van der Waals surface area contributed by atoms with Crippen molar-refractivity contribution in [2.75, 3.05) is 0 Å². The highest BCUT2D eigenvalue weighted by molar-refractivity contribution is 7.16. The van der Waals surface area contributed by atoms with Gasteiger partial charge in [-0.2, -0.15) is 9.61 Å². The Morgan fingerprint density at radius 2 is 1.91 bits per heavy atom. The topological polar surface area (TPSA) is 47.3 Å². The Kier molecular flexibility index (Phi) is 3.83. The summed E-state index contributed by atoms with van der Waals surface area (Å²) in [4.78, 5) is 16.9. The third-order valence-electron chi connectivity index (χ3n) is 3.57. The molecule has 0 radical (unpaired) electrons. The van der Waals surface area contributed by atoms with E-state index >= 15 is 0 Å². The lowest BCUT2D eigenvalue weighted by Gasteiger charge is -2.15. The highest BCUT2D eigenvalue weighted by Crippen LogP contribution is 2.27. The zero-order chi connectivity index (χ0) is 15.7. The van der Waals surface area contributed by atoms with E-state index in [4.69, 9.17) is 0 Å². The molecule has 0 amide bonds. The summed E-state index contributed by atoms with van der Waals surface area (Å²) in [7, 11) is 0. The molecule has 3 aromatic rings. The highest BCUT2D eigenvalue weighted by Gasteiger charge is 2.25. The Labute approximate surface area is 133 Å². The fourth-order valence-corrected chi connectivity index (χ4v) is 3.36. The molecule has 22 heavy (non-hydrogen) atoms. The standard InChI is InChI=1S/C17H19N3OS/c1-17(2,3)15-13(11-21)20-16(18-15)22-14(19-20)10-9-12-7-5-4-6-8-12/h4-8,11H,9-10H2,1-3H3. The quantitative estimate of drug-likeness (QED) is 0.690. The number of carbonyl (C=O) groups excluding carboxylic acids is 1. The number of aryl methyl sites for hydroxylation is 2. The summed E-state index contributed by atoms with van der Waals surface area (Å²) in [6, 6.07) is 10.3. The van der Waals surface area contributed by atoms with Crippen molar-refractivity contribution in [1.29, 1.82) is 0 Å². The predicted octanol–water partition coefficient (Wildman–Crippen LogP) is 3.69. The van der Waals surface area contributed by atoms with Gasteiger partial charge in [0.25, 0.3) is 0 Å². The van der Waals surface area contributed by atoms with Crippen LogP contribution in [0.25, 0.3) is 4.96 Å². The average molecular weight is 313 g/mol. The monoisotopic (exact) mass is 313 g/mol. The molecule has 1 aromatic carbocycles. The molecule has 0 bridgehead atoms. The van der Waals surface area contributed by atoms with Gasteiger partial charge in [-0.25, -0.2) is 4.98 Å². The third-order valence-corrected chi connectivity index (χ3v) is 4.54. The van der Waals surface area contributed by atoms with E-state index in [-0.39, 0.29) is 5.41 Å². The lowest BCUT2D eigenvalue weighted by molar-refractivity contribution is 0.111. The molecule has 5 heteroatoms. The minimum atomic E-state index is -0.159. The summed E-state index contributed by atoms with van der Waals surface area (Å²) in [5.74, 6) is 0. The fraction of sp³-hybridized carbons (Fsp3) is 0.353. The van der Waals surface area contributed by atoms with Crippen molar-refractivity contribution in [2.24, 2.45) is 0 Å². The number of nitrogens with zero attached hydrogens (tertiary/aromatic N) is 3.